The first kappa shape index (κ1) is 15.0. The van der Waals surface area contributed by atoms with Crippen molar-refractivity contribution in [3.05, 3.63) is 11.8 Å². The SMILES string of the molecule is COC(=O)CCN/C=C(/C#N)C(=O)N1CCNCC1. The van der Waals surface area contributed by atoms with Crippen molar-refractivity contribution in [1.29, 1.82) is 5.26 Å². The molecule has 0 unspecified atom stereocenters. The number of nitrogens with zero attached hydrogens (tertiary/aromatic N) is 2. The monoisotopic (exact) mass is 266 g/mol. The van der Waals surface area contributed by atoms with Crippen LogP contribution >= 0.6 is 0 Å². The standard InChI is InChI=1S/C12H18N4O3/c1-19-11(17)2-3-15-9-10(8-13)12(18)16-6-4-14-5-7-16/h9,14-15H,2-7H2,1H3/b10-9-. The normalized spacial score (nSPS) is 15.6. The highest BCUT2D eigenvalue weighted by Gasteiger charge is 2.19. The molecule has 1 saturated heterocycles. The molecule has 0 aliphatic carbocycles. The number of nitriles is 1. The van der Waals surface area contributed by atoms with Gasteiger partial charge in [0.2, 0.25) is 0 Å². The van der Waals surface area contributed by atoms with E-state index in [9.17, 15) is 9.59 Å². The summed E-state index contributed by atoms with van der Waals surface area (Å²) in [5.41, 5.74) is 0.0479. The van der Waals surface area contributed by atoms with Crippen LogP contribution in [0.2, 0.25) is 0 Å². The van der Waals surface area contributed by atoms with Crippen LogP contribution in [0.5, 0.6) is 0 Å². The van der Waals surface area contributed by atoms with E-state index >= 15 is 0 Å². The minimum Gasteiger partial charge on any atom is -0.469 e. The van der Waals surface area contributed by atoms with Crippen molar-refractivity contribution in [3.63, 3.8) is 0 Å². The molecule has 0 aromatic carbocycles. The average Bonchev–Trinajstić information content (AvgIpc) is 2.47. The number of ether oxygens (including phenoxy) is 1. The van der Waals surface area contributed by atoms with Gasteiger partial charge in [0.05, 0.1) is 13.5 Å². The molecule has 7 heteroatoms. The summed E-state index contributed by atoms with van der Waals surface area (Å²) in [5, 5.41) is 14.9. The van der Waals surface area contributed by atoms with E-state index in [0.29, 0.717) is 19.6 Å². The molecule has 0 aromatic heterocycles. The largest absolute Gasteiger partial charge is 0.469 e. The van der Waals surface area contributed by atoms with E-state index in [1.165, 1.54) is 13.3 Å². The third-order valence-corrected chi connectivity index (χ3v) is 2.70. The Kier molecular flexibility index (Phi) is 6.39. The number of methoxy groups -OCH3 is 1. The van der Waals surface area contributed by atoms with Gasteiger partial charge >= 0.3 is 5.97 Å². The molecule has 1 aliphatic heterocycles. The molecule has 7 nitrogen and oxygen atoms in total. The van der Waals surface area contributed by atoms with Gasteiger partial charge in [-0.25, -0.2) is 0 Å². The third kappa shape index (κ3) is 4.97. The lowest BCUT2D eigenvalue weighted by Gasteiger charge is -2.27. The Bertz CT molecular complexity index is 394. The number of hydrogen-bond acceptors (Lipinski definition) is 6. The van der Waals surface area contributed by atoms with Crippen molar-refractivity contribution >= 4 is 11.9 Å². The smallest absolute Gasteiger partial charge is 0.307 e. The van der Waals surface area contributed by atoms with Gasteiger partial charge in [0, 0.05) is 38.9 Å². The van der Waals surface area contributed by atoms with Crippen molar-refractivity contribution in [2.24, 2.45) is 0 Å². The molecule has 1 heterocycles. The molecular weight excluding hydrogens is 248 g/mol. The summed E-state index contributed by atoms with van der Waals surface area (Å²) in [7, 11) is 1.31. The van der Waals surface area contributed by atoms with Crippen LogP contribution in [0.25, 0.3) is 0 Å². The third-order valence-electron chi connectivity index (χ3n) is 2.70. The molecule has 1 amide bonds. The topological polar surface area (TPSA) is 94.5 Å². The van der Waals surface area contributed by atoms with Crippen molar-refractivity contribution < 1.29 is 14.3 Å². The first-order chi connectivity index (χ1) is 9.19. The van der Waals surface area contributed by atoms with E-state index in [0.717, 1.165) is 13.1 Å². The van der Waals surface area contributed by atoms with E-state index in [1.54, 1.807) is 4.90 Å². The number of carbonyl (C=O) groups excluding carboxylic acids is 2. The molecule has 0 spiro atoms. The van der Waals surface area contributed by atoms with E-state index in [4.69, 9.17) is 5.26 Å². The minimum atomic E-state index is -0.340. The number of amides is 1. The van der Waals surface area contributed by atoms with Crippen LogP contribution in [-0.2, 0) is 14.3 Å². The Labute approximate surface area is 112 Å². The van der Waals surface area contributed by atoms with Gasteiger partial charge in [-0.3, -0.25) is 9.59 Å². The zero-order chi connectivity index (χ0) is 14.1. The maximum atomic E-state index is 12.0. The zero-order valence-electron chi connectivity index (χ0n) is 10.9. The Morgan fingerprint density at radius 1 is 1.47 bits per heavy atom. The van der Waals surface area contributed by atoms with Gasteiger partial charge in [-0.2, -0.15) is 5.26 Å². The second kappa shape index (κ2) is 8.11. The molecule has 0 bridgehead atoms. The predicted octanol–water partition coefficient (Wildman–Crippen LogP) is -1.02. The molecule has 1 rings (SSSR count). The number of hydrogen-bond donors (Lipinski definition) is 2. The Morgan fingerprint density at radius 2 is 2.16 bits per heavy atom. The van der Waals surface area contributed by atoms with Crippen LogP contribution in [0.4, 0.5) is 0 Å². The lowest BCUT2D eigenvalue weighted by Crippen LogP contribution is -2.46. The first-order valence-corrected chi connectivity index (χ1v) is 6.09. The number of rotatable bonds is 5. The summed E-state index contributed by atoms with van der Waals surface area (Å²) in [6.45, 7) is 2.99. The zero-order valence-corrected chi connectivity index (χ0v) is 10.9. The lowest BCUT2D eigenvalue weighted by atomic mass is 10.2. The maximum absolute atomic E-state index is 12.0. The minimum absolute atomic E-state index is 0.0479. The molecular formula is C12H18N4O3. The van der Waals surface area contributed by atoms with Crippen LogP contribution in [0.15, 0.2) is 11.8 Å². The van der Waals surface area contributed by atoms with Gasteiger partial charge in [-0.05, 0) is 0 Å². The number of esters is 1. The van der Waals surface area contributed by atoms with Gasteiger partial charge in [-0.1, -0.05) is 0 Å². The van der Waals surface area contributed by atoms with Crippen molar-refractivity contribution in [3.8, 4) is 6.07 Å². The van der Waals surface area contributed by atoms with Crippen molar-refractivity contribution in [2.45, 2.75) is 6.42 Å². The molecule has 19 heavy (non-hydrogen) atoms. The van der Waals surface area contributed by atoms with Gasteiger partial charge in [-0.15, -0.1) is 0 Å². The highest BCUT2D eigenvalue weighted by atomic mass is 16.5. The maximum Gasteiger partial charge on any atom is 0.307 e. The van der Waals surface area contributed by atoms with Crippen LogP contribution < -0.4 is 10.6 Å². The number of carbonyl (C=O) groups is 2. The van der Waals surface area contributed by atoms with E-state index in [2.05, 4.69) is 15.4 Å². The molecule has 0 radical (unpaired) electrons. The van der Waals surface area contributed by atoms with Gasteiger partial charge in [0.15, 0.2) is 0 Å². The number of piperazine rings is 1. The van der Waals surface area contributed by atoms with Gasteiger partial charge in [0.25, 0.3) is 5.91 Å². The highest BCUT2D eigenvalue weighted by molar-refractivity contribution is 5.97. The summed E-state index contributed by atoms with van der Waals surface area (Å²) < 4.78 is 4.48. The summed E-state index contributed by atoms with van der Waals surface area (Å²) in [6, 6.07) is 1.87. The second-order valence-electron chi connectivity index (χ2n) is 3.99. The molecule has 0 aromatic rings. The van der Waals surface area contributed by atoms with Crippen LogP contribution in [0.3, 0.4) is 0 Å². The Hall–Kier alpha value is -2.07. The molecule has 0 atom stereocenters. The molecule has 1 aliphatic rings. The quantitative estimate of drug-likeness (QED) is 0.286. The van der Waals surface area contributed by atoms with Gasteiger partial charge in [0.1, 0.15) is 11.6 Å². The second-order valence-corrected chi connectivity index (χ2v) is 3.99. The molecule has 104 valence electrons. The van der Waals surface area contributed by atoms with Crippen LogP contribution in [0.1, 0.15) is 6.42 Å². The van der Waals surface area contributed by atoms with Crippen LogP contribution in [-0.4, -0.2) is 56.6 Å². The first-order valence-electron chi connectivity index (χ1n) is 6.09. The molecule has 0 saturated carbocycles. The van der Waals surface area contributed by atoms with Crippen LogP contribution in [0, 0.1) is 11.3 Å². The van der Waals surface area contributed by atoms with E-state index < -0.39 is 0 Å². The Balaban J connectivity index is 2.45. The lowest BCUT2D eigenvalue weighted by molar-refractivity contribution is -0.140. The molecule has 1 fully saturated rings. The Morgan fingerprint density at radius 3 is 2.74 bits per heavy atom. The fourth-order valence-corrected chi connectivity index (χ4v) is 1.63. The van der Waals surface area contributed by atoms with Gasteiger partial charge < -0.3 is 20.3 Å². The summed E-state index contributed by atoms with van der Waals surface area (Å²) in [4.78, 5) is 24.5. The predicted molar refractivity (Wildman–Crippen MR) is 67.8 cm³/mol. The van der Waals surface area contributed by atoms with Crippen molar-refractivity contribution in [2.75, 3.05) is 39.8 Å². The summed E-state index contributed by atoms with van der Waals surface area (Å²) >= 11 is 0. The summed E-state index contributed by atoms with van der Waals surface area (Å²) in [6.07, 6.45) is 1.54. The van der Waals surface area contributed by atoms with E-state index in [1.807, 2.05) is 6.07 Å². The highest BCUT2D eigenvalue weighted by Crippen LogP contribution is 2.02. The summed E-state index contributed by atoms with van der Waals surface area (Å²) in [5.74, 6) is -0.623. The fraction of sp³-hybridized carbons (Fsp3) is 0.583. The fourth-order valence-electron chi connectivity index (χ4n) is 1.63. The van der Waals surface area contributed by atoms with E-state index in [-0.39, 0.29) is 23.9 Å². The van der Waals surface area contributed by atoms with Crippen molar-refractivity contribution in [1.82, 2.24) is 15.5 Å². The average molecular weight is 266 g/mol. The molecule has 2 N–H and O–H groups in total. The number of nitrogens with one attached hydrogen (secondary N) is 2.